The molecule has 0 aliphatic heterocycles. The summed E-state index contributed by atoms with van der Waals surface area (Å²) in [6, 6.07) is 0. The number of rotatable bonds is 4. The van der Waals surface area contributed by atoms with Gasteiger partial charge in [-0.25, -0.2) is 0 Å². The highest BCUT2D eigenvalue weighted by Gasteiger charge is 2.10. The number of aliphatic hydroxyl groups excluding tert-OH is 1. The number of carbonyl (C=O) groups is 1. The van der Waals surface area contributed by atoms with Crippen LogP contribution in [0, 0.1) is 6.92 Å². The van der Waals surface area contributed by atoms with Gasteiger partial charge in [-0.05, 0) is 6.92 Å². The first kappa shape index (κ1) is 10.5. The van der Waals surface area contributed by atoms with Crippen molar-refractivity contribution < 1.29 is 15.0 Å². The Bertz CT molecular complexity index is 339. The molecule has 5 heteroatoms. The molecule has 0 radical (unpaired) electrons. The van der Waals surface area contributed by atoms with Crippen molar-refractivity contribution in [1.29, 1.82) is 0 Å². The van der Waals surface area contributed by atoms with Crippen LogP contribution in [0.25, 0.3) is 0 Å². The van der Waals surface area contributed by atoms with Crippen LogP contribution in [0.4, 0.5) is 0 Å². The van der Waals surface area contributed by atoms with Crippen LogP contribution in [0.1, 0.15) is 16.8 Å². The number of aryl methyl sites for hydroxylation is 1. The van der Waals surface area contributed by atoms with Gasteiger partial charge in [0, 0.05) is 23.9 Å². The quantitative estimate of drug-likeness (QED) is 0.584. The molecule has 0 saturated heterocycles. The van der Waals surface area contributed by atoms with E-state index in [1.165, 1.54) is 6.20 Å². The molecule has 0 aromatic carbocycles. The van der Waals surface area contributed by atoms with Crippen LogP contribution < -0.4 is 5.32 Å². The van der Waals surface area contributed by atoms with Crippen molar-refractivity contribution in [3.63, 3.8) is 0 Å². The summed E-state index contributed by atoms with van der Waals surface area (Å²) in [6.07, 6.45) is 2.02. The second kappa shape index (κ2) is 4.57. The van der Waals surface area contributed by atoms with Crippen LogP contribution in [0.5, 0.6) is 5.75 Å². The molecule has 1 heterocycles. The summed E-state index contributed by atoms with van der Waals surface area (Å²) < 4.78 is 0. The van der Waals surface area contributed by atoms with Gasteiger partial charge < -0.3 is 15.5 Å². The van der Waals surface area contributed by atoms with Crippen molar-refractivity contribution in [1.82, 2.24) is 10.3 Å². The molecule has 1 rings (SSSR count). The Kier molecular flexibility index (Phi) is 3.41. The summed E-state index contributed by atoms with van der Waals surface area (Å²) in [5, 5.41) is 21.0. The number of hydrogen-bond acceptors (Lipinski definition) is 4. The van der Waals surface area contributed by atoms with Crippen molar-refractivity contribution in [2.75, 3.05) is 0 Å². The Labute approximate surface area is 81.4 Å². The summed E-state index contributed by atoms with van der Waals surface area (Å²) in [5.74, 6) is 0.0194. The van der Waals surface area contributed by atoms with E-state index in [0.29, 0.717) is 23.2 Å². The SMILES string of the molecule is Cc1ncc(CO)c(CNC=O)c1O. The predicted molar refractivity (Wildman–Crippen MR) is 49.5 cm³/mol. The molecule has 0 aliphatic rings. The van der Waals surface area contributed by atoms with Gasteiger partial charge in [0.1, 0.15) is 5.75 Å². The standard InChI is InChI=1S/C9H12N2O3/c1-6-9(14)8(3-10-5-13)7(4-12)2-11-6/h2,5,12,14H,3-4H2,1H3,(H,10,13). The zero-order valence-corrected chi connectivity index (χ0v) is 7.82. The highest BCUT2D eigenvalue weighted by atomic mass is 16.3. The molecular weight excluding hydrogens is 184 g/mol. The Morgan fingerprint density at radius 1 is 1.64 bits per heavy atom. The molecule has 0 fully saturated rings. The highest BCUT2D eigenvalue weighted by Crippen LogP contribution is 2.23. The van der Waals surface area contributed by atoms with E-state index in [1.54, 1.807) is 6.92 Å². The third-order valence-electron chi connectivity index (χ3n) is 1.96. The molecule has 1 amide bonds. The molecule has 0 atom stereocenters. The summed E-state index contributed by atoms with van der Waals surface area (Å²) in [5.41, 5.74) is 1.50. The van der Waals surface area contributed by atoms with E-state index in [2.05, 4.69) is 10.3 Å². The maximum atomic E-state index is 10.1. The average Bonchev–Trinajstić information content (AvgIpc) is 2.20. The van der Waals surface area contributed by atoms with Crippen LogP contribution in [-0.2, 0) is 17.9 Å². The van der Waals surface area contributed by atoms with E-state index in [-0.39, 0.29) is 18.9 Å². The molecule has 0 bridgehead atoms. The monoisotopic (exact) mass is 196 g/mol. The first-order chi connectivity index (χ1) is 6.70. The topological polar surface area (TPSA) is 82.5 Å². The lowest BCUT2D eigenvalue weighted by molar-refractivity contribution is -0.109. The van der Waals surface area contributed by atoms with Gasteiger partial charge in [0.05, 0.1) is 12.3 Å². The van der Waals surface area contributed by atoms with E-state index in [0.717, 1.165) is 0 Å². The van der Waals surface area contributed by atoms with Gasteiger partial charge in [-0.3, -0.25) is 9.78 Å². The molecule has 1 aromatic heterocycles. The minimum absolute atomic E-state index is 0.0194. The molecule has 0 spiro atoms. The van der Waals surface area contributed by atoms with Gasteiger partial charge in [0.2, 0.25) is 6.41 Å². The van der Waals surface area contributed by atoms with E-state index in [1.807, 2.05) is 0 Å². The second-order valence-electron chi connectivity index (χ2n) is 2.85. The number of nitrogens with one attached hydrogen (secondary N) is 1. The number of aliphatic hydroxyl groups is 1. The molecule has 0 saturated carbocycles. The molecule has 1 aromatic rings. The maximum Gasteiger partial charge on any atom is 0.207 e. The van der Waals surface area contributed by atoms with Crippen LogP contribution in [0.3, 0.4) is 0 Å². The summed E-state index contributed by atoms with van der Waals surface area (Å²) in [4.78, 5) is 14.0. The lowest BCUT2D eigenvalue weighted by atomic mass is 10.1. The molecule has 0 unspecified atom stereocenters. The van der Waals surface area contributed by atoms with E-state index < -0.39 is 0 Å². The van der Waals surface area contributed by atoms with Gasteiger partial charge in [-0.15, -0.1) is 0 Å². The van der Waals surface area contributed by atoms with Gasteiger partial charge in [0.15, 0.2) is 0 Å². The minimum Gasteiger partial charge on any atom is -0.506 e. The van der Waals surface area contributed by atoms with Crippen molar-refractivity contribution in [2.24, 2.45) is 0 Å². The van der Waals surface area contributed by atoms with Crippen molar-refractivity contribution in [3.05, 3.63) is 23.0 Å². The second-order valence-corrected chi connectivity index (χ2v) is 2.85. The lowest BCUT2D eigenvalue weighted by Crippen LogP contribution is -2.12. The van der Waals surface area contributed by atoms with E-state index >= 15 is 0 Å². The molecule has 14 heavy (non-hydrogen) atoms. The average molecular weight is 196 g/mol. The van der Waals surface area contributed by atoms with Crippen molar-refractivity contribution in [3.8, 4) is 5.75 Å². The number of aromatic nitrogens is 1. The predicted octanol–water partition coefficient (Wildman–Crippen LogP) is -0.166. The fourth-order valence-electron chi connectivity index (χ4n) is 1.16. The Hall–Kier alpha value is -1.62. The lowest BCUT2D eigenvalue weighted by Gasteiger charge is -2.10. The zero-order chi connectivity index (χ0) is 10.6. The smallest absolute Gasteiger partial charge is 0.207 e. The first-order valence-corrected chi connectivity index (χ1v) is 4.15. The molecular formula is C9H12N2O3. The van der Waals surface area contributed by atoms with Gasteiger partial charge >= 0.3 is 0 Å². The van der Waals surface area contributed by atoms with Crippen LogP contribution in [0.2, 0.25) is 0 Å². The highest BCUT2D eigenvalue weighted by molar-refractivity contribution is 5.48. The Balaban J connectivity index is 3.07. The number of pyridine rings is 1. The van der Waals surface area contributed by atoms with Crippen molar-refractivity contribution in [2.45, 2.75) is 20.1 Å². The number of hydrogen-bond donors (Lipinski definition) is 3. The van der Waals surface area contributed by atoms with Gasteiger partial charge in [-0.2, -0.15) is 0 Å². The van der Waals surface area contributed by atoms with E-state index in [9.17, 15) is 9.90 Å². The Morgan fingerprint density at radius 2 is 2.36 bits per heavy atom. The molecule has 76 valence electrons. The summed E-state index contributed by atoms with van der Waals surface area (Å²) in [6.45, 7) is 1.63. The molecule has 5 nitrogen and oxygen atoms in total. The summed E-state index contributed by atoms with van der Waals surface area (Å²) >= 11 is 0. The van der Waals surface area contributed by atoms with Gasteiger partial charge in [-0.1, -0.05) is 0 Å². The Morgan fingerprint density at radius 3 is 2.93 bits per heavy atom. The fourth-order valence-corrected chi connectivity index (χ4v) is 1.16. The normalized spacial score (nSPS) is 9.86. The van der Waals surface area contributed by atoms with Crippen LogP contribution >= 0.6 is 0 Å². The fraction of sp³-hybridized carbons (Fsp3) is 0.333. The van der Waals surface area contributed by atoms with Crippen LogP contribution in [-0.4, -0.2) is 21.6 Å². The number of carbonyl (C=O) groups excluding carboxylic acids is 1. The minimum atomic E-state index is -0.212. The van der Waals surface area contributed by atoms with Gasteiger partial charge in [0.25, 0.3) is 0 Å². The van der Waals surface area contributed by atoms with E-state index in [4.69, 9.17) is 5.11 Å². The molecule has 3 N–H and O–H groups in total. The summed E-state index contributed by atoms with van der Waals surface area (Å²) in [7, 11) is 0. The maximum absolute atomic E-state index is 10.1. The first-order valence-electron chi connectivity index (χ1n) is 4.15. The molecule has 0 aliphatic carbocycles. The van der Waals surface area contributed by atoms with Crippen molar-refractivity contribution >= 4 is 6.41 Å². The van der Waals surface area contributed by atoms with Crippen LogP contribution in [0.15, 0.2) is 6.20 Å². The zero-order valence-electron chi connectivity index (χ0n) is 7.82. The number of amides is 1. The third kappa shape index (κ3) is 2.00. The number of nitrogens with zero attached hydrogens (tertiary/aromatic N) is 1. The number of aromatic hydroxyl groups is 1. The third-order valence-corrected chi connectivity index (χ3v) is 1.96. The largest absolute Gasteiger partial charge is 0.506 e.